The summed E-state index contributed by atoms with van der Waals surface area (Å²) in [6, 6.07) is 4.93. The van der Waals surface area contributed by atoms with Crippen molar-refractivity contribution in [2.75, 3.05) is 11.9 Å². The molecule has 1 unspecified atom stereocenters. The van der Waals surface area contributed by atoms with Crippen molar-refractivity contribution in [2.45, 2.75) is 39.7 Å². The zero-order chi connectivity index (χ0) is 14.4. The van der Waals surface area contributed by atoms with Gasteiger partial charge in [0.1, 0.15) is 5.69 Å². The second-order valence-corrected chi connectivity index (χ2v) is 4.80. The fourth-order valence-corrected chi connectivity index (χ4v) is 2.16. The third-order valence-corrected chi connectivity index (χ3v) is 3.44. The molecule has 0 amide bonds. The highest BCUT2D eigenvalue weighted by Crippen LogP contribution is 2.25. The van der Waals surface area contributed by atoms with Crippen LogP contribution < -0.4 is 5.32 Å². The van der Waals surface area contributed by atoms with Crippen LogP contribution in [0.25, 0.3) is 0 Å². The van der Waals surface area contributed by atoms with Crippen LogP contribution in [0.5, 0.6) is 0 Å². The van der Waals surface area contributed by atoms with Gasteiger partial charge in [-0.05, 0) is 24.5 Å². The summed E-state index contributed by atoms with van der Waals surface area (Å²) in [5.41, 5.74) is 1.46. The highest BCUT2D eigenvalue weighted by molar-refractivity contribution is 5.62. The van der Waals surface area contributed by atoms with Crippen molar-refractivity contribution in [2.24, 2.45) is 5.92 Å². The van der Waals surface area contributed by atoms with Crippen LogP contribution >= 0.6 is 0 Å². The Morgan fingerprint density at radius 2 is 2.00 bits per heavy atom. The van der Waals surface area contributed by atoms with Gasteiger partial charge < -0.3 is 10.4 Å². The number of nitro benzene ring substituents is 1. The van der Waals surface area contributed by atoms with Gasteiger partial charge in [-0.15, -0.1) is 0 Å². The lowest BCUT2D eigenvalue weighted by Crippen LogP contribution is -2.27. The maximum Gasteiger partial charge on any atom is 0.292 e. The Labute approximate surface area is 113 Å². The molecule has 0 saturated heterocycles. The lowest BCUT2D eigenvalue weighted by Gasteiger charge is -2.20. The number of anilines is 1. The van der Waals surface area contributed by atoms with E-state index in [2.05, 4.69) is 5.32 Å². The first-order valence-electron chi connectivity index (χ1n) is 6.66. The number of aliphatic hydroxyl groups is 1. The normalized spacial score (nSPS) is 12.5. The largest absolute Gasteiger partial charge is 0.391 e. The second kappa shape index (κ2) is 7.09. The van der Waals surface area contributed by atoms with Crippen molar-refractivity contribution in [3.8, 4) is 0 Å². The van der Waals surface area contributed by atoms with Crippen molar-refractivity contribution in [1.29, 1.82) is 0 Å². The lowest BCUT2D eigenvalue weighted by atomic mass is 9.96. The molecule has 5 heteroatoms. The summed E-state index contributed by atoms with van der Waals surface area (Å²) in [4.78, 5) is 10.5. The van der Waals surface area contributed by atoms with E-state index in [1.54, 1.807) is 12.1 Å². The van der Waals surface area contributed by atoms with Crippen molar-refractivity contribution in [3.05, 3.63) is 33.9 Å². The number of hydrogen-bond donors (Lipinski definition) is 2. The fourth-order valence-electron chi connectivity index (χ4n) is 2.16. The molecule has 19 heavy (non-hydrogen) atoms. The summed E-state index contributed by atoms with van der Waals surface area (Å²) in [6.07, 6.45) is 1.31. The fraction of sp³-hybridized carbons (Fsp3) is 0.571. The van der Waals surface area contributed by atoms with Gasteiger partial charge in [-0.2, -0.15) is 0 Å². The summed E-state index contributed by atoms with van der Waals surface area (Å²) < 4.78 is 0. The first-order valence-corrected chi connectivity index (χ1v) is 6.66. The molecule has 1 aromatic carbocycles. The highest BCUT2D eigenvalue weighted by atomic mass is 16.6. The van der Waals surface area contributed by atoms with Crippen LogP contribution in [0.3, 0.4) is 0 Å². The maximum atomic E-state index is 10.9. The first-order chi connectivity index (χ1) is 8.99. The maximum absolute atomic E-state index is 10.9. The monoisotopic (exact) mass is 266 g/mol. The molecule has 0 aromatic heterocycles. The number of nitro groups is 1. The Morgan fingerprint density at radius 3 is 2.53 bits per heavy atom. The number of rotatable bonds is 7. The van der Waals surface area contributed by atoms with Crippen LogP contribution in [0.15, 0.2) is 18.2 Å². The SMILES string of the molecule is CCC(CC)C(O)CNc1cc(C)ccc1[N+](=O)[O-]. The summed E-state index contributed by atoms with van der Waals surface area (Å²) >= 11 is 0. The van der Waals surface area contributed by atoms with Crippen LogP contribution in [0, 0.1) is 23.0 Å². The van der Waals surface area contributed by atoms with Gasteiger partial charge in [0.15, 0.2) is 0 Å². The molecule has 0 heterocycles. The Hall–Kier alpha value is -1.62. The molecule has 5 nitrogen and oxygen atoms in total. The van der Waals surface area contributed by atoms with E-state index in [4.69, 9.17) is 0 Å². The van der Waals surface area contributed by atoms with E-state index in [0.29, 0.717) is 12.2 Å². The molecule has 2 N–H and O–H groups in total. The van der Waals surface area contributed by atoms with Crippen molar-refractivity contribution >= 4 is 11.4 Å². The van der Waals surface area contributed by atoms with E-state index in [0.717, 1.165) is 18.4 Å². The van der Waals surface area contributed by atoms with E-state index < -0.39 is 11.0 Å². The molecule has 0 fully saturated rings. The Kier molecular flexibility index (Phi) is 5.76. The number of benzene rings is 1. The van der Waals surface area contributed by atoms with Gasteiger partial charge in [0.2, 0.25) is 0 Å². The van der Waals surface area contributed by atoms with Crippen LogP contribution in [-0.2, 0) is 0 Å². The first kappa shape index (κ1) is 15.4. The van der Waals surface area contributed by atoms with Gasteiger partial charge >= 0.3 is 0 Å². The minimum atomic E-state index is -0.491. The number of aliphatic hydroxyl groups excluding tert-OH is 1. The zero-order valence-corrected chi connectivity index (χ0v) is 11.7. The zero-order valence-electron chi connectivity index (χ0n) is 11.7. The quantitative estimate of drug-likeness (QED) is 0.587. The molecule has 0 aliphatic carbocycles. The molecule has 0 radical (unpaired) electrons. The topological polar surface area (TPSA) is 75.4 Å². The van der Waals surface area contributed by atoms with Crippen molar-refractivity contribution < 1.29 is 10.0 Å². The smallest absolute Gasteiger partial charge is 0.292 e. The van der Waals surface area contributed by atoms with Gasteiger partial charge in [-0.1, -0.05) is 32.8 Å². The minimum absolute atomic E-state index is 0.0438. The van der Waals surface area contributed by atoms with E-state index in [1.165, 1.54) is 6.07 Å². The van der Waals surface area contributed by atoms with Crippen LogP contribution in [0.4, 0.5) is 11.4 Å². The van der Waals surface area contributed by atoms with Crippen molar-refractivity contribution in [1.82, 2.24) is 0 Å². The summed E-state index contributed by atoms with van der Waals surface area (Å²) in [5.74, 6) is 0.219. The Bertz CT molecular complexity index is 431. The molecule has 1 rings (SSSR count). The molecule has 0 saturated carbocycles. The third-order valence-electron chi connectivity index (χ3n) is 3.44. The van der Waals surface area contributed by atoms with Crippen LogP contribution in [0.1, 0.15) is 32.3 Å². The summed E-state index contributed by atoms with van der Waals surface area (Å²) in [5, 5.41) is 24.0. The van der Waals surface area contributed by atoms with E-state index >= 15 is 0 Å². The molecule has 1 atom stereocenters. The molecule has 1 aromatic rings. The standard InChI is InChI=1S/C14H22N2O3/c1-4-11(5-2)14(17)9-15-12-8-10(3)6-7-13(12)16(18)19/h6-8,11,14-15,17H,4-5,9H2,1-3H3. The van der Waals surface area contributed by atoms with Gasteiger partial charge in [0.05, 0.1) is 11.0 Å². The average Bonchev–Trinajstić information content (AvgIpc) is 2.37. The summed E-state index contributed by atoms with van der Waals surface area (Å²) in [6.45, 7) is 6.28. The molecular formula is C14H22N2O3. The van der Waals surface area contributed by atoms with Crippen LogP contribution in [-0.4, -0.2) is 22.7 Å². The van der Waals surface area contributed by atoms with Gasteiger partial charge in [0.25, 0.3) is 5.69 Å². The highest BCUT2D eigenvalue weighted by Gasteiger charge is 2.18. The molecular weight excluding hydrogens is 244 g/mol. The molecule has 0 aliphatic rings. The van der Waals surface area contributed by atoms with Gasteiger partial charge in [0, 0.05) is 12.6 Å². The number of nitrogens with one attached hydrogen (secondary N) is 1. The Morgan fingerprint density at radius 1 is 1.37 bits per heavy atom. The average molecular weight is 266 g/mol. The van der Waals surface area contributed by atoms with Crippen LogP contribution in [0.2, 0.25) is 0 Å². The van der Waals surface area contributed by atoms with Gasteiger partial charge in [-0.25, -0.2) is 0 Å². The summed E-state index contributed by atoms with van der Waals surface area (Å²) in [7, 11) is 0. The lowest BCUT2D eigenvalue weighted by molar-refractivity contribution is -0.384. The predicted molar refractivity (Wildman–Crippen MR) is 76.4 cm³/mol. The second-order valence-electron chi connectivity index (χ2n) is 4.80. The molecule has 0 bridgehead atoms. The van der Waals surface area contributed by atoms with Crippen molar-refractivity contribution in [3.63, 3.8) is 0 Å². The minimum Gasteiger partial charge on any atom is -0.391 e. The molecule has 0 aliphatic heterocycles. The molecule has 0 spiro atoms. The molecule has 106 valence electrons. The number of hydrogen-bond acceptors (Lipinski definition) is 4. The Balaban J connectivity index is 2.76. The van der Waals surface area contributed by atoms with E-state index in [1.807, 2.05) is 20.8 Å². The van der Waals surface area contributed by atoms with E-state index in [9.17, 15) is 15.2 Å². The van der Waals surface area contributed by atoms with E-state index in [-0.39, 0.29) is 11.6 Å². The number of aryl methyl sites for hydroxylation is 1. The van der Waals surface area contributed by atoms with Gasteiger partial charge in [-0.3, -0.25) is 10.1 Å². The predicted octanol–water partition coefficient (Wildman–Crippen LogP) is 3.11. The third kappa shape index (κ3) is 4.21. The number of nitrogens with zero attached hydrogens (tertiary/aromatic N) is 1.